The van der Waals surface area contributed by atoms with Crippen LogP contribution in [-0.4, -0.2) is 19.4 Å². The SMILES string of the molecule is CN(CC(=O)Cc1ccccc1)c1ccc(C#N)cc1. The van der Waals surface area contributed by atoms with Gasteiger partial charge in [0.2, 0.25) is 0 Å². The quantitative estimate of drug-likeness (QED) is 0.834. The van der Waals surface area contributed by atoms with Crippen LogP contribution in [0.3, 0.4) is 0 Å². The molecule has 0 aliphatic carbocycles. The second kappa shape index (κ2) is 6.53. The number of nitriles is 1. The monoisotopic (exact) mass is 264 g/mol. The first-order valence-corrected chi connectivity index (χ1v) is 6.46. The van der Waals surface area contributed by atoms with Crippen LogP contribution in [0.2, 0.25) is 0 Å². The number of anilines is 1. The topological polar surface area (TPSA) is 44.1 Å². The van der Waals surface area contributed by atoms with Crippen LogP contribution in [0.15, 0.2) is 54.6 Å². The molecule has 0 unspecified atom stereocenters. The lowest BCUT2D eigenvalue weighted by Gasteiger charge is -2.18. The summed E-state index contributed by atoms with van der Waals surface area (Å²) in [6.45, 7) is 0.362. The van der Waals surface area contributed by atoms with Crippen molar-refractivity contribution in [1.29, 1.82) is 5.26 Å². The van der Waals surface area contributed by atoms with Gasteiger partial charge in [-0.1, -0.05) is 30.3 Å². The summed E-state index contributed by atoms with van der Waals surface area (Å²) in [7, 11) is 1.88. The summed E-state index contributed by atoms with van der Waals surface area (Å²) in [6, 6.07) is 19.0. The van der Waals surface area contributed by atoms with E-state index in [1.54, 1.807) is 12.1 Å². The smallest absolute Gasteiger partial charge is 0.156 e. The Hall–Kier alpha value is -2.60. The minimum absolute atomic E-state index is 0.169. The van der Waals surface area contributed by atoms with Gasteiger partial charge < -0.3 is 4.90 Å². The molecule has 0 fully saturated rings. The second-order valence-electron chi connectivity index (χ2n) is 4.72. The van der Waals surface area contributed by atoms with E-state index in [0.717, 1.165) is 11.3 Å². The van der Waals surface area contributed by atoms with Gasteiger partial charge in [-0.15, -0.1) is 0 Å². The first-order valence-electron chi connectivity index (χ1n) is 6.46. The highest BCUT2D eigenvalue weighted by atomic mass is 16.1. The molecule has 0 aliphatic heterocycles. The zero-order valence-corrected chi connectivity index (χ0v) is 11.4. The molecule has 0 heterocycles. The molecule has 0 N–H and O–H groups in total. The lowest BCUT2D eigenvalue weighted by Crippen LogP contribution is -2.26. The Balaban J connectivity index is 1.95. The average Bonchev–Trinajstić information content (AvgIpc) is 2.48. The third-order valence-corrected chi connectivity index (χ3v) is 3.09. The van der Waals surface area contributed by atoms with Gasteiger partial charge in [-0.3, -0.25) is 4.79 Å². The zero-order chi connectivity index (χ0) is 14.4. The molecular weight excluding hydrogens is 248 g/mol. The second-order valence-corrected chi connectivity index (χ2v) is 4.72. The van der Waals surface area contributed by atoms with E-state index in [2.05, 4.69) is 6.07 Å². The molecule has 0 radical (unpaired) electrons. The number of benzene rings is 2. The van der Waals surface area contributed by atoms with E-state index in [9.17, 15) is 4.79 Å². The molecule has 100 valence electrons. The fraction of sp³-hybridized carbons (Fsp3) is 0.176. The molecule has 3 nitrogen and oxygen atoms in total. The largest absolute Gasteiger partial charge is 0.367 e. The van der Waals surface area contributed by atoms with Crippen LogP contribution in [0, 0.1) is 11.3 Å². The van der Waals surface area contributed by atoms with Crippen LogP contribution < -0.4 is 4.90 Å². The highest BCUT2D eigenvalue weighted by Gasteiger charge is 2.08. The maximum absolute atomic E-state index is 12.0. The third kappa shape index (κ3) is 3.69. The first-order chi connectivity index (χ1) is 9.69. The van der Waals surface area contributed by atoms with Gasteiger partial charge in [-0.25, -0.2) is 0 Å². The van der Waals surface area contributed by atoms with Gasteiger partial charge in [0.25, 0.3) is 0 Å². The lowest BCUT2D eigenvalue weighted by molar-refractivity contribution is -0.117. The van der Waals surface area contributed by atoms with E-state index in [0.29, 0.717) is 18.5 Å². The van der Waals surface area contributed by atoms with Crippen LogP contribution in [0.25, 0.3) is 0 Å². The van der Waals surface area contributed by atoms with Gasteiger partial charge in [-0.2, -0.15) is 5.26 Å². The molecule has 2 rings (SSSR count). The fourth-order valence-corrected chi connectivity index (χ4v) is 2.03. The van der Waals surface area contributed by atoms with Crippen molar-refractivity contribution in [3.8, 4) is 6.07 Å². The number of carbonyl (C=O) groups is 1. The van der Waals surface area contributed by atoms with E-state index < -0.39 is 0 Å². The Morgan fingerprint density at radius 3 is 2.35 bits per heavy atom. The summed E-state index contributed by atoms with van der Waals surface area (Å²) in [5, 5.41) is 8.76. The van der Waals surface area contributed by atoms with E-state index in [-0.39, 0.29) is 5.78 Å². The van der Waals surface area contributed by atoms with Crippen molar-refractivity contribution >= 4 is 11.5 Å². The number of Topliss-reactive ketones (excluding diaryl/α,β-unsaturated/α-hetero) is 1. The molecular formula is C17H16N2O. The highest BCUT2D eigenvalue weighted by Crippen LogP contribution is 2.13. The molecule has 0 aromatic heterocycles. The van der Waals surface area contributed by atoms with Crippen molar-refractivity contribution in [2.24, 2.45) is 0 Å². The number of hydrogen-bond acceptors (Lipinski definition) is 3. The summed E-state index contributed by atoms with van der Waals surface area (Å²) < 4.78 is 0. The zero-order valence-electron chi connectivity index (χ0n) is 11.4. The number of ketones is 1. The average molecular weight is 264 g/mol. The molecule has 2 aromatic rings. The predicted octanol–water partition coefficient (Wildman–Crippen LogP) is 2.81. The Bertz CT molecular complexity index is 612. The Morgan fingerprint density at radius 2 is 1.75 bits per heavy atom. The Labute approximate surface area is 119 Å². The van der Waals surface area contributed by atoms with Gasteiger partial charge in [0.05, 0.1) is 18.2 Å². The minimum Gasteiger partial charge on any atom is -0.367 e. The van der Waals surface area contributed by atoms with Crippen molar-refractivity contribution in [3.63, 3.8) is 0 Å². The molecule has 0 amide bonds. The molecule has 0 spiro atoms. The van der Waals surface area contributed by atoms with E-state index in [4.69, 9.17) is 5.26 Å². The summed E-state index contributed by atoms with van der Waals surface area (Å²) in [6.07, 6.45) is 0.446. The molecule has 0 bridgehead atoms. The standard InChI is InChI=1S/C17H16N2O/c1-19(16-9-7-15(12-18)8-10-16)13-17(20)11-14-5-3-2-4-6-14/h2-10H,11,13H2,1H3. The van der Waals surface area contributed by atoms with Crippen molar-refractivity contribution in [2.75, 3.05) is 18.5 Å². The fourth-order valence-electron chi connectivity index (χ4n) is 2.03. The third-order valence-electron chi connectivity index (χ3n) is 3.09. The predicted molar refractivity (Wildman–Crippen MR) is 79.6 cm³/mol. The number of rotatable bonds is 5. The van der Waals surface area contributed by atoms with Crippen LogP contribution in [0.5, 0.6) is 0 Å². The molecule has 0 aliphatic rings. The summed E-state index contributed by atoms with van der Waals surface area (Å²) in [5.41, 5.74) is 2.59. The van der Waals surface area contributed by atoms with Gasteiger partial charge in [0, 0.05) is 19.2 Å². The van der Waals surface area contributed by atoms with Crippen molar-refractivity contribution in [1.82, 2.24) is 0 Å². The number of nitrogens with zero attached hydrogens (tertiary/aromatic N) is 2. The molecule has 3 heteroatoms. The first kappa shape index (κ1) is 13.8. The number of likely N-dealkylation sites (N-methyl/N-ethyl adjacent to an activating group) is 1. The maximum Gasteiger partial charge on any atom is 0.156 e. The van der Waals surface area contributed by atoms with Crippen LogP contribution >= 0.6 is 0 Å². The van der Waals surface area contributed by atoms with Crippen molar-refractivity contribution < 1.29 is 4.79 Å². The van der Waals surface area contributed by atoms with E-state index >= 15 is 0 Å². The highest BCUT2D eigenvalue weighted by molar-refractivity contribution is 5.85. The molecule has 0 saturated heterocycles. The molecule has 2 aromatic carbocycles. The Kier molecular flexibility index (Phi) is 4.52. The normalized spacial score (nSPS) is 9.80. The van der Waals surface area contributed by atoms with Gasteiger partial charge in [0.15, 0.2) is 5.78 Å². The maximum atomic E-state index is 12.0. The molecule has 0 atom stereocenters. The lowest BCUT2D eigenvalue weighted by atomic mass is 10.1. The summed E-state index contributed by atoms with van der Waals surface area (Å²) in [4.78, 5) is 13.9. The van der Waals surface area contributed by atoms with Crippen LogP contribution in [0.1, 0.15) is 11.1 Å². The van der Waals surface area contributed by atoms with E-state index in [1.807, 2.05) is 54.4 Å². The molecule has 0 saturated carbocycles. The Morgan fingerprint density at radius 1 is 1.10 bits per heavy atom. The summed E-state index contributed by atoms with van der Waals surface area (Å²) in [5.74, 6) is 0.169. The van der Waals surface area contributed by atoms with Crippen LogP contribution in [-0.2, 0) is 11.2 Å². The molecule has 20 heavy (non-hydrogen) atoms. The van der Waals surface area contributed by atoms with Gasteiger partial charge in [0.1, 0.15) is 0 Å². The minimum atomic E-state index is 0.169. The number of carbonyl (C=O) groups excluding carboxylic acids is 1. The van der Waals surface area contributed by atoms with E-state index in [1.165, 1.54) is 0 Å². The van der Waals surface area contributed by atoms with Crippen molar-refractivity contribution in [2.45, 2.75) is 6.42 Å². The van der Waals surface area contributed by atoms with Gasteiger partial charge >= 0.3 is 0 Å². The van der Waals surface area contributed by atoms with Crippen molar-refractivity contribution in [3.05, 3.63) is 65.7 Å². The van der Waals surface area contributed by atoms with Gasteiger partial charge in [-0.05, 0) is 29.8 Å². The number of hydrogen-bond donors (Lipinski definition) is 0. The summed E-state index contributed by atoms with van der Waals surface area (Å²) >= 11 is 0. The van der Waals surface area contributed by atoms with Crippen LogP contribution in [0.4, 0.5) is 5.69 Å².